The first kappa shape index (κ1) is 25.8. The Kier molecular flexibility index (Phi) is 10.9. The first-order valence-electron chi connectivity index (χ1n) is 11.1. The van der Waals surface area contributed by atoms with Gasteiger partial charge in [0.05, 0.1) is 0 Å². The lowest BCUT2D eigenvalue weighted by Gasteiger charge is -2.26. The van der Waals surface area contributed by atoms with E-state index in [-0.39, 0.29) is 36.6 Å². The number of guanidine groups is 1. The molecule has 1 atom stereocenters. The van der Waals surface area contributed by atoms with Gasteiger partial charge in [-0.1, -0.05) is 18.6 Å². The molecule has 0 spiro atoms. The molecular weight excluding hydrogens is 430 g/mol. The Labute approximate surface area is 192 Å². The standard InChI is InChI=1S/C21H33N7O5/c22-21(26-28(32)33)23-11-4-5-18(20(31)24-15-16-6-8-17(29)9-7-16)25-19(30)10-14-27-12-2-1-3-13-27/h6-9,18,29H,1-5,10-15H2,(H,24,31)(H,25,30)(H3,22,23,26)/t18-/m1/s1. The van der Waals surface area contributed by atoms with E-state index in [1.807, 2.05) is 0 Å². The van der Waals surface area contributed by atoms with E-state index in [2.05, 4.69) is 26.0 Å². The smallest absolute Gasteiger partial charge is 0.266 e. The third-order valence-electron chi connectivity index (χ3n) is 5.32. The Bertz CT molecular complexity index is 810. The number of amides is 2. The first-order valence-corrected chi connectivity index (χ1v) is 11.1. The third-order valence-corrected chi connectivity index (χ3v) is 5.32. The third kappa shape index (κ3) is 10.6. The van der Waals surface area contributed by atoms with Crippen LogP contribution in [0.4, 0.5) is 0 Å². The molecule has 6 N–H and O–H groups in total. The zero-order valence-corrected chi connectivity index (χ0v) is 18.7. The van der Waals surface area contributed by atoms with E-state index in [1.54, 1.807) is 12.1 Å². The average Bonchev–Trinajstić information content (AvgIpc) is 2.79. The summed E-state index contributed by atoms with van der Waals surface area (Å²) in [5.74, 6) is -0.718. The second-order valence-corrected chi connectivity index (χ2v) is 7.95. The van der Waals surface area contributed by atoms with Crippen molar-refractivity contribution in [2.24, 2.45) is 10.8 Å². The number of likely N-dealkylation sites (tertiary alicyclic amines) is 1. The van der Waals surface area contributed by atoms with Crippen LogP contribution in [0, 0.1) is 10.1 Å². The van der Waals surface area contributed by atoms with Crippen molar-refractivity contribution in [3.8, 4) is 5.75 Å². The van der Waals surface area contributed by atoms with E-state index in [0.717, 1.165) is 31.5 Å². The molecule has 0 radical (unpaired) electrons. The van der Waals surface area contributed by atoms with Crippen molar-refractivity contribution in [2.45, 2.75) is 51.1 Å². The number of nitrogens with one attached hydrogen (secondary N) is 3. The fraction of sp³-hybridized carbons (Fsp3) is 0.571. The minimum atomic E-state index is -0.898. The van der Waals surface area contributed by atoms with Gasteiger partial charge in [0.15, 0.2) is 5.03 Å². The Morgan fingerprint density at radius 1 is 1.18 bits per heavy atom. The Morgan fingerprint density at radius 3 is 2.55 bits per heavy atom. The molecule has 1 fully saturated rings. The lowest BCUT2D eigenvalue weighted by atomic mass is 10.1. The zero-order chi connectivity index (χ0) is 24.1. The van der Waals surface area contributed by atoms with Gasteiger partial charge in [-0.25, -0.2) is 10.1 Å². The maximum absolute atomic E-state index is 12.8. The second-order valence-electron chi connectivity index (χ2n) is 7.95. The number of nitrogens with two attached hydrogens (primary N) is 1. The summed E-state index contributed by atoms with van der Waals surface area (Å²) in [5, 5.41) is 30.0. The fourth-order valence-corrected chi connectivity index (χ4v) is 3.55. The zero-order valence-electron chi connectivity index (χ0n) is 18.7. The van der Waals surface area contributed by atoms with Crippen molar-refractivity contribution < 1.29 is 19.7 Å². The number of benzene rings is 1. The van der Waals surface area contributed by atoms with Crippen LogP contribution in [0.3, 0.4) is 0 Å². The van der Waals surface area contributed by atoms with Crippen LogP contribution in [-0.2, 0) is 16.1 Å². The molecule has 0 aromatic heterocycles. The fourth-order valence-electron chi connectivity index (χ4n) is 3.55. The normalized spacial score (nSPS) is 15.5. The highest BCUT2D eigenvalue weighted by Crippen LogP contribution is 2.10. The molecule has 0 unspecified atom stereocenters. The monoisotopic (exact) mass is 463 g/mol. The Hall–Kier alpha value is -3.41. The van der Waals surface area contributed by atoms with E-state index < -0.39 is 11.1 Å². The molecule has 182 valence electrons. The van der Waals surface area contributed by atoms with Crippen molar-refractivity contribution in [1.29, 1.82) is 0 Å². The summed E-state index contributed by atoms with van der Waals surface area (Å²) in [6.45, 7) is 3.14. The van der Waals surface area contributed by atoms with Crippen molar-refractivity contribution in [3.05, 3.63) is 39.9 Å². The minimum absolute atomic E-state index is 0.135. The van der Waals surface area contributed by atoms with Gasteiger partial charge in [0.2, 0.25) is 11.8 Å². The number of hydrazone groups is 1. The van der Waals surface area contributed by atoms with Gasteiger partial charge < -0.3 is 31.7 Å². The number of hydrogen-bond acceptors (Lipinski definition) is 6. The van der Waals surface area contributed by atoms with Crippen LogP contribution in [0.2, 0.25) is 0 Å². The number of hydrogen-bond donors (Lipinski definition) is 5. The van der Waals surface area contributed by atoms with E-state index >= 15 is 0 Å². The van der Waals surface area contributed by atoms with E-state index in [1.165, 1.54) is 18.6 Å². The van der Waals surface area contributed by atoms with Crippen molar-refractivity contribution in [1.82, 2.24) is 20.9 Å². The summed E-state index contributed by atoms with van der Waals surface area (Å²) in [6, 6.07) is 5.70. The summed E-state index contributed by atoms with van der Waals surface area (Å²) in [6.07, 6.45) is 4.55. The lowest BCUT2D eigenvalue weighted by molar-refractivity contribution is -0.485. The molecular formula is C21H33N7O5. The number of nitro groups is 1. The van der Waals surface area contributed by atoms with Gasteiger partial charge in [0.1, 0.15) is 16.9 Å². The van der Waals surface area contributed by atoms with Gasteiger partial charge in [-0.15, -0.1) is 0 Å². The number of piperidine rings is 1. The topological polar surface area (TPSA) is 175 Å². The first-order chi connectivity index (χ1) is 15.8. The number of rotatable bonds is 12. The minimum Gasteiger partial charge on any atom is -0.508 e. The van der Waals surface area contributed by atoms with Crippen LogP contribution >= 0.6 is 0 Å². The lowest BCUT2D eigenvalue weighted by Crippen LogP contribution is -2.47. The summed E-state index contributed by atoms with van der Waals surface area (Å²) >= 11 is 0. The maximum Gasteiger partial charge on any atom is 0.266 e. The van der Waals surface area contributed by atoms with Gasteiger partial charge in [-0.05, 0) is 56.5 Å². The molecule has 1 aromatic rings. The number of carbonyl (C=O) groups is 2. The number of aromatic hydroxyl groups is 1. The summed E-state index contributed by atoms with van der Waals surface area (Å²) < 4.78 is 0. The van der Waals surface area contributed by atoms with Crippen LogP contribution in [0.15, 0.2) is 29.4 Å². The van der Waals surface area contributed by atoms with Gasteiger partial charge in [0, 0.05) is 26.1 Å². The molecule has 2 amide bonds. The van der Waals surface area contributed by atoms with Crippen LogP contribution < -0.4 is 21.7 Å². The second kappa shape index (κ2) is 13.9. The van der Waals surface area contributed by atoms with E-state index in [4.69, 9.17) is 5.73 Å². The van der Waals surface area contributed by atoms with Gasteiger partial charge in [-0.3, -0.25) is 9.59 Å². The van der Waals surface area contributed by atoms with Gasteiger partial charge in [-0.2, -0.15) is 0 Å². The number of carbonyl (C=O) groups excluding carboxylic acids is 2. The Balaban J connectivity index is 1.86. The molecule has 1 saturated heterocycles. The SMILES string of the molecule is NC(=N[N+](=O)[O-])NCCC[C@@H](NC(=O)CCN1CCCCC1)C(=O)NCc1ccc(O)cc1. The van der Waals surface area contributed by atoms with Crippen molar-refractivity contribution in [3.63, 3.8) is 0 Å². The average molecular weight is 464 g/mol. The molecule has 12 nitrogen and oxygen atoms in total. The predicted molar refractivity (Wildman–Crippen MR) is 123 cm³/mol. The highest BCUT2D eigenvalue weighted by molar-refractivity contribution is 5.87. The number of nitrogens with zero attached hydrogens (tertiary/aromatic N) is 3. The molecule has 0 bridgehead atoms. The van der Waals surface area contributed by atoms with Gasteiger partial charge in [0.25, 0.3) is 5.96 Å². The number of phenolic OH excluding ortho intramolecular Hbond substituents is 1. The largest absolute Gasteiger partial charge is 0.508 e. The summed E-state index contributed by atoms with van der Waals surface area (Å²) in [7, 11) is 0. The molecule has 1 heterocycles. The van der Waals surface area contributed by atoms with Crippen molar-refractivity contribution >= 4 is 17.8 Å². The van der Waals surface area contributed by atoms with Crippen LogP contribution in [-0.4, -0.2) is 65.0 Å². The van der Waals surface area contributed by atoms with Crippen LogP contribution in [0.1, 0.15) is 44.1 Å². The molecule has 12 heteroatoms. The maximum atomic E-state index is 12.8. The highest BCUT2D eigenvalue weighted by Gasteiger charge is 2.21. The predicted octanol–water partition coefficient (Wildman–Crippen LogP) is 0.245. The van der Waals surface area contributed by atoms with E-state index in [9.17, 15) is 24.8 Å². The van der Waals surface area contributed by atoms with Crippen LogP contribution in [0.25, 0.3) is 0 Å². The Morgan fingerprint density at radius 2 is 1.88 bits per heavy atom. The quantitative estimate of drug-likeness (QED) is 0.0963. The molecule has 1 aliphatic rings. The molecule has 33 heavy (non-hydrogen) atoms. The van der Waals surface area contributed by atoms with Crippen LogP contribution in [0.5, 0.6) is 5.75 Å². The highest BCUT2D eigenvalue weighted by atomic mass is 16.7. The van der Waals surface area contributed by atoms with E-state index in [0.29, 0.717) is 25.8 Å². The molecule has 0 aliphatic carbocycles. The number of phenols is 1. The summed E-state index contributed by atoms with van der Waals surface area (Å²) in [5.41, 5.74) is 6.20. The van der Waals surface area contributed by atoms with Crippen molar-refractivity contribution in [2.75, 3.05) is 26.2 Å². The molecule has 2 rings (SSSR count). The molecule has 1 aromatic carbocycles. The molecule has 0 saturated carbocycles. The summed E-state index contributed by atoms with van der Waals surface area (Å²) in [4.78, 5) is 37.8. The van der Waals surface area contributed by atoms with Gasteiger partial charge >= 0.3 is 0 Å². The molecule has 1 aliphatic heterocycles.